The van der Waals surface area contributed by atoms with E-state index >= 15 is 0 Å². The normalized spacial score (nSPS) is 10.4. The number of benzene rings is 2. The molecule has 0 atom stereocenters. The summed E-state index contributed by atoms with van der Waals surface area (Å²) >= 11 is 3.41. The number of hydrogen-bond acceptors (Lipinski definition) is 2. The molecule has 2 aromatic carbocycles. The van der Waals surface area contributed by atoms with Crippen molar-refractivity contribution in [2.24, 2.45) is 0 Å². The smallest absolute Gasteiger partial charge is 0.0577 e. The molecule has 3 N–H and O–H groups in total. The van der Waals surface area contributed by atoms with Gasteiger partial charge in [-0.3, -0.25) is 0 Å². The summed E-state index contributed by atoms with van der Waals surface area (Å²) in [6.45, 7) is 2.99. The molecular weight excluding hydrogens is 300 g/mol. The lowest BCUT2D eigenvalue weighted by Gasteiger charge is -2.10. The maximum atomic E-state index is 5.96. The molecule has 0 aliphatic rings. The summed E-state index contributed by atoms with van der Waals surface area (Å²) in [5.74, 6) is 0. The Bertz CT molecular complexity index is 535. The lowest BCUT2D eigenvalue weighted by Crippen LogP contribution is -2.02. The van der Waals surface area contributed by atoms with Crippen LogP contribution in [0.2, 0.25) is 0 Å². The quantitative estimate of drug-likeness (QED) is 0.791. The monoisotopic (exact) mass is 318 g/mol. The SMILES string of the molecule is CCCc1ccc(CNc2ccc(Br)cc2N)cc1. The van der Waals surface area contributed by atoms with E-state index in [1.54, 1.807) is 0 Å². The standard InChI is InChI=1S/C16H19BrN2/c1-2-3-12-4-6-13(7-5-12)11-19-16-9-8-14(17)10-15(16)18/h4-10,19H,2-3,11,18H2,1H3. The van der Waals surface area contributed by atoms with E-state index in [0.29, 0.717) is 0 Å². The van der Waals surface area contributed by atoms with Gasteiger partial charge in [-0.25, -0.2) is 0 Å². The van der Waals surface area contributed by atoms with Crippen LogP contribution in [0.5, 0.6) is 0 Å². The van der Waals surface area contributed by atoms with Gasteiger partial charge in [0.05, 0.1) is 11.4 Å². The molecule has 0 aliphatic carbocycles. The molecule has 0 bridgehead atoms. The lowest BCUT2D eigenvalue weighted by molar-refractivity contribution is 0.920. The number of nitrogen functional groups attached to an aromatic ring is 1. The van der Waals surface area contributed by atoms with Gasteiger partial charge in [0.25, 0.3) is 0 Å². The van der Waals surface area contributed by atoms with E-state index in [1.807, 2.05) is 18.2 Å². The van der Waals surface area contributed by atoms with Gasteiger partial charge in [0.1, 0.15) is 0 Å². The van der Waals surface area contributed by atoms with Crippen LogP contribution in [0, 0.1) is 0 Å². The molecule has 2 nitrogen and oxygen atoms in total. The molecule has 0 amide bonds. The Morgan fingerprint density at radius 2 is 1.74 bits per heavy atom. The first-order chi connectivity index (χ1) is 9.19. The lowest BCUT2D eigenvalue weighted by atomic mass is 10.1. The number of rotatable bonds is 5. The molecular formula is C16H19BrN2. The number of halogens is 1. The molecule has 2 aromatic rings. The molecule has 0 aromatic heterocycles. The maximum absolute atomic E-state index is 5.96. The summed E-state index contributed by atoms with van der Waals surface area (Å²) in [5.41, 5.74) is 10.4. The van der Waals surface area contributed by atoms with Gasteiger partial charge in [0.15, 0.2) is 0 Å². The van der Waals surface area contributed by atoms with Crippen molar-refractivity contribution in [3.05, 3.63) is 58.1 Å². The molecule has 19 heavy (non-hydrogen) atoms. The number of nitrogens with one attached hydrogen (secondary N) is 1. The summed E-state index contributed by atoms with van der Waals surface area (Å²) in [7, 11) is 0. The van der Waals surface area contributed by atoms with Crippen LogP contribution in [-0.2, 0) is 13.0 Å². The average Bonchev–Trinajstić information content (AvgIpc) is 2.40. The molecule has 0 spiro atoms. The first kappa shape index (κ1) is 13.9. The van der Waals surface area contributed by atoms with Crippen molar-refractivity contribution in [2.75, 3.05) is 11.1 Å². The Morgan fingerprint density at radius 3 is 2.37 bits per heavy atom. The number of aryl methyl sites for hydroxylation is 1. The molecule has 3 heteroatoms. The topological polar surface area (TPSA) is 38.0 Å². The van der Waals surface area contributed by atoms with Gasteiger partial charge in [-0.15, -0.1) is 0 Å². The molecule has 2 rings (SSSR count). The van der Waals surface area contributed by atoms with Crippen molar-refractivity contribution in [2.45, 2.75) is 26.3 Å². The van der Waals surface area contributed by atoms with Gasteiger partial charge in [-0.05, 0) is 35.7 Å². The molecule has 0 fully saturated rings. The van der Waals surface area contributed by atoms with E-state index in [4.69, 9.17) is 5.73 Å². The average molecular weight is 319 g/mol. The zero-order valence-corrected chi connectivity index (χ0v) is 12.7. The van der Waals surface area contributed by atoms with Gasteiger partial charge in [-0.2, -0.15) is 0 Å². The van der Waals surface area contributed by atoms with Gasteiger partial charge >= 0.3 is 0 Å². The van der Waals surface area contributed by atoms with Crippen LogP contribution >= 0.6 is 15.9 Å². The third-order valence-electron chi connectivity index (χ3n) is 3.06. The minimum Gasteiger partial charge on any atom is -0.397 e. The van der Waals surface area contributed by atoms with Gasteiger partial charge in [0, 0.05) is 11.0 Å². The fourth-order valence-corrected chi connectivity index (χ4v) is 2.38. The van der Waals surface area contributed by atoms with Crippen LogP contribution in [0.1, 0.15) is 24.5 Å². The van der Waals surface area contributed by atoms with Crippen molar-refractivity contribution in [3.8, 4) is 0 Å². The van der Waals surface area contributed by atoms with Crippen LogP contribution in [0.25, 0.3) is 0 Å². The van der Waals surface area contributed by atoms with E-state index in [9.17, 15) is 0 Å². The highest BCUT2D eigenvalue weighted by atomic mass is 79.9. The minimum absolute atomic E-state index is 0.761. The maximum Gasteiger partial charge on any atom is 0.0577 e. The van der Waals surface area contributed by atoms with E-state index in [0.717, 1.165) is 28.8 Å². The van der Waals surface area contributed by atoms with E-state index < -0.39 is 0 Å². The van der Waals surface area contributed by atoms with Crippen LogP contribution in [0.15, 0.2) is 46.9 Å². The summed E-state index contributed by atoms with van der Waals surface area (Å²) in [6, 6.07) is 14.6. The third kappa shape index (κ3) is 4.00. The Balaban J connectivity index is 1.98. The van der Waals surface area contributed by atoms with Gasteiger partial charge in [-0.1, -0.05) is 53.5 Å². The molecule has 0 unspecified atom stereocenters. The van der Waals surface area contributed by atoms with Crippen molar-refractivity contribution in [1.82, 2.24) is 0 Å². The fourth-order valence-electron chi connectivity index (χ4n) is 2.00. The summed E-state index contributed by atoms with van der Waals surface area (Å²) < 4.78 is 1.000. The number of nitrogens with two attached hydrogens (primary N) is 1. The Labute approximate surface area is 123 Å². The predicted octanol–water partition coefficient (Wildman–Crippen LogP) is 4.60. The second-order valence-electron chi connectivity index (χ2n) is 4.65. The highest BCUT2D eigenvalue weighted by molar-refractivity contribution is 9.10. The molecule has 0 saturated carbocycles. The predicted molar refractivity (Wildman–Crippen MR) is 86.3 cm³/mol. The largest absolute Gasteiger partial charge is 0.397 e. The Kier molecular flexibility index (Phi) is 4.86. The zero-order valence-electron chi connectivity index (χ0n) is 11.1. The van der Waals surface area contributed by atoms with Crippen LogP contribution < -0.4 is 11.1 Å². The van der Waals surface area contributed by atoms with Crippen molar-refractivity contribution < 1.29 is 0 Å². The first-order valence-electron chi connectivity index (χ1n) is 6.55. The van der Waals surface area contributed by atoms with E-state index in [1.165, 1.54) is 17.5 Å². The second-order valence-corrected chi connectivity index (χ2v) is 5.57. The van der Waals surface area contributed by atoms with Crippen molar-refractivity contribution in [3.63, 3.8) is 0 Å². The van der Waals surface area contributed by atoms with E-state index in [2.05, 4.69) is 52.4 Å². The van der Waals surface area contributed by atoms with Gasteiger partial charge < -0.3 is 11.1 Å². The molecule has 0 saturated heterocycles. The molecule has 0 heterocycles. The Hall–Kier alpha value is -1.48. The number of anilines is 2. The van der Waals surface area contributed by atoms with Crippen LogP contribution in [-0.4, -0.2) is 0 Å². The third-order valence-corrected chi connectivity index (χ3v) is 3.55. The van der Waals surface area contributed by atoms with Crippen molar-refractivity contribution >= 4 is 27.3 Å². The second kappa shape index (κ2) is 6.62. The summed E-state index contributed by atoms with van der Waals surface area (Å²) in [6.07, 6.45) is 2.33. The van der Waals surface area contributed by atoms with Crippen LogP contribution in [0.3, 0.4) is 0 Å². The highest BCUT2D eigenvalue weighted by Gasteiger charge is 2.00. The molecule has 100 valence electrons. The fraction of sp³-hybridized carbons (Fsp3) is 0.250. The summed E-state index contributed by atoms with van der Waals surface area (Å²) in [5, 5.41) is 3.36. The zero-order chi connectivity index (χ0) is 13.7. The minimum atomic E-state index is 0.761. The molecule has 0 aliphatic heterocycles. The van der Waals surface area contributed by atoms with E-state index in [-0.39, 0.29) is 0 Å². The molecule has 0 radical (unpaired) electrons. The number of hydrogen-bond donors (Lipinski definition) is 2. The summed E-state index contributed by atoms with van der Waals surface area (Å²) in [4.78, 5) is 0. The van der Waals surface area contributed by atoms with Crippen LogP contribution in [0.4, 0.5) is 11.4 Å². The van der Waals surface area contributed by atoms with Gasteiger partial charge in [0.2, 0.25) is 0 Å². The first-order valence-corrected chi connectivity index (χ1v) is 7.35. The highest BCUT2D eigenvalue weighted by Crippen LogP contribution is 2.23. The Morgan fingerprint density at radius 1 is 1.05 bits per heavy atom. The van der Waals surface area contributed by atoms with Crippen molar-refractivity contribution in [1.29, 1.82) is 0 Å².